The molecule has 0 amide bonds. The third-order valence-electron chi connectivity index (χ3n) is 4.11. The first-order valence-electron chi connectivity index (χ1n) is 7.90. The van der Waals surface area contributed by atoms with Gasteiger partial charge in [-0.25, -0.2) is 9.50 Å². The van der Waals surface area contributed by atoms with E-state index in [0.717, 1.165) is 35.8 Å². The first-order valence-corrected chi connectivity index (χ1v) is 7.90. The van der Waals surface area contributed by atoms with Gasteiger partial charge in [0.2, 0.25) is 6.79 Å². The zero-order valence-electron chi connectivity index (χ0n) is 13.4. The zero-order valence-corrected chi connectivity index (χ0v) is 13.4. The van der Waals surface area contributed by atoms with Gasteiger partial charge in [-0.15, -0.1) is 0 Å². The van der Waals surface area contributed by atoms with Crippen molar-refractivity contribution in [2.75, 3.05) is 13.3 Å². The van der Waals surface area contributed by atoms with Crippen LogP contribution in [0.4, 0.5) is 0 Å². The van der Waals surface area contributed by atoms with E-state index in [-0.39, 0.29) is 12.4 Å². The molecule has 4 rings (SSSR count). The van der Waals surface area contributed by atoms with Crippen LogP contribution in [-0.4, -0.2) is 32.8 Å². The summed E-state index contributed by atoms with van der Waals surface area (Å²) in [6, 6.07) is 9.34. The quantitative estimate of drug-likeness (QED) is 0.774. The van der Waals surface area contributed by atoms with Crippen molar-refractivity contribution in [2.45, 2.75) is 20.0 Å². The lowest BCUT2D eigenvalue weighted by molar-refractivity contribution is 0.174. The van der Waals surface area contributed by atoms with Gasteiger partial charge in [-0.05, 0) is 24.2 Å². The average molecular weight is 326 g/mol. The van der Waals surface area contributed by atoms with Crippen LogP contribution in [0, 0.1) is 0 Å². The first-order chi connectivity index (χ1) is 11.7. The van der Waals surface area contributed by atoms with Crippen molar-refractivity contribution in [1.29, 1.82) is 0 Å². The van der Waals surface area contributed by atoms with E-state index in [1.54, 1.807) is 18.3 Å². The number of fused-ring (bicyclic) bond motifs is 2. The summed E-state index contributed by atoms with van der Waals surface area (Å²) in [4.78, 5) is 18.8. The minimum absolute atomic E-state index is 0.0980. The van der Waals surface area contributed by atoms with Crippen molar-refractivity contribution < 1.29 is 9.47 Å². The highest BCUT2D eigenvalue weighted by atomic mass is 16.7. The van der Waals surface area contributed by atoms with Crippen LogP contribution in [0.25, 0.3) is 5.65 Å². The third-order valence-corrected chi connectivity index (χ3v) is 4.11. The molecule has 0 saturated heterocycles. The highest BCUT2D eigenvalue weighted by molar-refractivity contribution is 5.44. The highest BCUT2D eigenvalue weighted by Gasteiger charge is 2.15. The topological polar surface area (TPSA) is 71.9 Å². The number of benzene rings is 1. The molecular formula is C17H18N4O3. The van der Waals surface area contributed by atoms with E-state index in [2.05, 4.69) is 21.9 Å². The van der Waals surface area contributed by atoms with Crippen LogP contribution < -0.4 is 15.0 Å². The minimum Gasteiger partial charge on any atom is -0.454 e. The smallest absolute Gasteiger partial charge is 0.272 e. The monoisotopic (exact) mass is 326 g/mol. The molecule has 1 aliphatic rings. The summed E-state index contributed by atoms with van der Waals surface area (Å²) in [6.07, 6.45) is 1.71. The number of nitrogens with zero attached hydrogens (tertiary/aromatic N) is 3. The average Bonchev–Trinajstić information content (AvgIpc) is 3.22. The second-order valence-electron chi connectivity index (χ2n) is 5.73. The van der Waals surface area contributed by atoms with E-state index in [4.69, 9.17) is 9.47 Å². The second-order valence-corrected chi connectivity index (χ2v) is 5.73. The van der Waals surface area contributed by atoms with Crippen LogP contribution in [0.3, 0.4) is 0 Å². The number of aromatic nitrogens is 3. The molecule has 3 heterocycles. The molecule has 0 unspecified atom stereocenters. The first kappa shape index (κ1) is 14.8. The Labute approximate surface area is 138 Å². The SMILES string of the molecule is CCN(Cc1ccc2c(c1)OCO2)Cc1cc(=O)n2[nH]ccc2n1. The van der Waals surface area contributed by atoms with Gasteiger partial charge in [0, 0.05) is 31.4 Å². The van der Waals surface area contributed by atoms with E-state index >= 15 is 0 Å². The molecule has 0 aliphatic carbocycles. The molecule has 3 aromatic rings. The van der Waals surface area contributed by atoms with Gasteiger partial charge in [0.05, 0.1) is 5.69 Å². The van der Waals surface area contributed by atoms with Crippen LogP contribution in [0.15, 0.2) is 41.3 Å². The Morgan fingerprint density at radius 2 is 2.08 bits per heavy atom. The van der Waals surface area contributed by atoms with Crippen LogP contribution >= 0.6 is 0 Å². The fourth-order valence-electron chi connectivity index (χ4n) is 2.86. The molecular weight excluding hydrogens is 308 g/mol. The van der Waals surface area contributed by atoms with Crippen molar-refractivity contribution in [3.63, 3.8) is 0 Å². The van der Waals surface area contributed by atoms with Gasteiger partial charge >= 0.3 is 0 Å². The van der Waals surface area contributed by atoms with Crippen molar-refractivity contribution in [1.82, 2.24) is 19.5 Å². The third kappa shape index (κ3) is 2.74. The van der Waals surface area contributed by atoms with Crippen LogP contribution in [0.2, 0.25) is 0 Å². The highest BCUT2D eigenvalue weighted by Crippen LogP contribution is 2.32. The lowest BCUT2D eigenvalue weighted by Crippen LogP contribution is -2.25. The molecule has 1 N–H and O–H groups in total. The minimum atomic E-state index is -0.0980. The Hall–Kier alpha value is -2.80. The summed E-state index contributed by atoms with van der Waals surface area (Å²) in [5, 5.41) is 2.85. The van der Waals surface area contributed by atoms with Crippen molar-refractivity contribution in [3.8, 4) is 11.5 Å². The van der Waals surface area contributed by atoms with Gasteiger partial charge in [0.1, 0.15) is 0 Å². The molecule has 0 atom stereocenters. The van der Waals surface area contributed by atoms with Gasteiger partial charge < -0.3 is 9.47 Å². The molecule has 1 aromatic carbocycles. The number of aromatic amines is 1. The van der Waals surface area contributed by atoms with E-state index < -0.39 is 0 Å². The number of ether oxygens (including phenoxy) is 2. The summed E-state index contributed by atoms with van der Waals surface area (Å²) in [6.45, 7) is 4.58. The Kier molecular flexibility index (Phi) is 3.70. The predicted octanol–water partition coefficient (Wildman–Crippen LogP) is 1.77. The maximum absolute atomic E-state index is 12.1. The molecule has 1 aliphatic heterocycles. The summed E-state index contributed by atoms with van der Waals surface area (Å²) in [5.41, 5.74) is 2.44. The Morgan fingerprint density at radius 1 is 1.21 bits per heavy atom. The van der Waals surface area contributed by atoms with Crippen molar-refractivity contribution in [3.05, 3.63) is 58.1 Å². The van der Waals surface area contributed by atoms with Crippen LogP contribution in [-0.2, 0) is 13.1 Å². The maximum atomic E-state index is 12.1. The summed E-state index contributed by atoms with van der Waals surface area (Å²) < 4.78 is 12.2. The van der Waals surface area contributed by atoms with Gasteiger partial charge in [-0.2, -0.15) is 0 Å². The molecule has 0 fully saturated rings. The van der Waals surface area contributed by atoms with Gasteiger partial charge in [-0.1, -0.05) is 13.0 Å². The molecule has 24 heavy (non-hydrogen) atoms. The molecule has 2 aromatic heterocycles. The maximum Gasteiger partial charge on any atom is 0.272 e. The number of H-pyrrole nitrogens is 1. The zero-order chi connectivity index (χ0) is 16.5. The molecule has 124 valence electrons. The van der Waals surface area contributed by atoms with Crippen molar-refractivity contribution >= 4 is 5.65 Å². The predicted molar refractivity (Wildman–Crippen MR) is 88.2 cm³/mol. The molecule has 0 saturated carbocycles. The Morgan fingerprint density at radius 3 is 2.96 bits per heavy atom. The number of rotatable bonds is 5. The van der Waals surface area contributed by atoms with Gasteiger partial charge in [-0.3, -0.25) is 14.8 Å². The van der Waals surface area contributed by atoms with Gasteiger partial charge in [0.25, 0.3) is 5.56 Å². The number of hydrogen-bond acceptors (Lipinski definition) is 5. The Bertz CT molecular complexity index is 931. The fourth-order valence-corrected chi connectivity index (χ4v) is 2.86. The largest absolute Gasteiger partial charge is 0.454 e. The van der Waals surface area contributed by atoms with Crippen LogP contribution in [0.1, 0.15) is 18.2 Å². The molecule has 0 bridgehead atoms. The molecule has 7 nitrogen and oxygen atoms in total. The summed E-state index contributed by atoms with van der Waals surface area (Å²) in [7, 11) is 0. The van der Waals surface area contributed by atoms with E-state index in [9.17, 15) is 4.79 Å². The second kappa shape index (κ2) is 6.01. The molecule has 7 heteroatoms. The standard InChI is InChI=1S/C17H18N4O3/c1-2-20(9-12-3-4-14-15(7-12)24-11-23-14)10-13-8-17(22)21-16(19-13)5-6-18-21/h3-8,18H,2,9-11H2,1H3. The van der Waals surface area contributed by atoms with E-state index in [0.29, 0.717) is 12.2 Å². The van der Waals surface area contributed by atoms with E-state index in [1.807, 2.05) is 18.2 Å². The lowest BCUT2D eigenvalue weighted by Gasteiger charge is -2.20. The molecule has 0 radical (unpaired) electrons. The molecule has 0 spiro atoms. The van der Waals surface area contributed by atoms with E-state index in [1.165, 1.54) is 4.52 Å². The normalized spacial score (nSPS) is 13.1. The fraction of sp³-hybridized carbons (Fsp3) is 0.294. The number of nitrogens with one attached hydrogen (secondary N) is 1. The van der Waals surface area contributed by atoms with Crippen LogP contribution in [0.5, 0.6) is 11.5 Å². The summed E-state index contributed by atoms with van der Waals surface area (Å²) >= 11 is 0. The summed E-state index contributed by atoms with van der Waals surface area (Å²) in [5.74, 6) is 1.57. The number of hydrogen-bond donors (Lipinski definition) is 1. The van der Waals surface area contributed by atoms with Gasteiger partial charge in [0.15, 0.2) is 17.1 Å². The lowest BCUT2D eigenvalue weighted by atomic mass is 10.2. The van der Waals surface area contributed by atoms with Crippen molar-refractivity contribution in [2.24, 2.45) is 0 Å². The Balaban J connectivity index is 1.53.